The molecule has 0 aliphatic heterocycles. The molecule has 1 heterocycles. The van der Waals surface area contributed by atoms with Crippen LogP contribution >= 0.6 is 0 Å². The van der Waals surface area contributed by atoms with E-state index in [0.717, 1.165) is 22.6 Å². The molecule has 1 amide bonds. The maximum absolute atomic E-state index is 12.5. The lowest BCUT2D eigenvalue weighted by molar-refractivity contribution is 0.0763. The summed E-state index contributed by atoms with van der Waals surface area (Å²) in [4.78, 5) is 14.0. The minimum atomic E-state index is -0.224. The van der Waals surface area contributed by atoms with Gasteiger partial charge in [-0.3, -0.25) is 4.79 Å². The molecule has 1 aromatic heterocycles. The number of ether oxygens (including phenoxy) is 2. The molecule has 0 aliphatic rings. The van der Waals surface area contributed by atoms with E-state index in [1.807, 2.05) is 62.4 Å². The molecule has 6 heteroatoms. The molecule has 0 fully saturated rings. The fourth-order valence-electron chi connectivity index (χ4n) is 2.61. The molecule has 0 bridgehead atoms. The number of aromatic nitrogens is 1. The smallest absolute Gasteiger partial charge is 0.275 e. The lowest BCUT2D eigenvalue weighted by Gasteiger charge is -2.15. The Labute approximate surface area is 164 Å². The third-order valence-corrected chi connectivity index (χ3v) is 4.28. The molecule has 0 atom stereocenters. The minimum absolute atomic E-state index is 0.214. The average molecular weight is 380 g/mol. The van der Waals surface area contributed by atoms with Crippen molar-refractivity contribution in [3.8, 4) is 11.5 Å². The third-order valence-electron chi connectivity index (χ3n) is 4.28. The number of benzene rings is 2. The van der Waals surface area contributed by atoms with Gasteiger partial charge in [-0.05, 0) is 43.2 Å². The van der Waals surface area contributed by atoms with E-state index in [-0.39, 0.29) is 18.2 Å². The SMILES string of the molecule is Cc1ccc(C)c(OCc2cc(C(=O)N(C)CCOc3ccccc3)no2)c1. The van der Waals surface area contributed by atoms with Gasteiger partial charge >= 0.3 is 0 Å². The molecule has 0 unspecified atom stereocenters. The Bertz CT molecular complexity index is 921. The Kier molecular flexibility index (Phi) is 6.32. The second-order valence-corrected chi connectivity index (χ2v) is 6.62. The summed E-state index contributed by atoms with van der Waals surface area (Å²) in [6.45, 7) is 5.04. The van der Waals surface area contributed by atoms with Crippen LogP contribution in [0.25, 0.3) is 0 Å². The number of nitrogens with zero attached hydrogens (tertiary/aromatic N) is 2. The molecule has 0 saturated heterocycles. The second-order valence-electron chi connectivity index (χ2n) is 6.62. The molecular weight excluding hydrogens is 356 g/mol. The molecule has 28 heavy (non-hydrogen) atoms. The fourth-order valence-corrected chi connectivity index (χ4v) is 2.61. The summed E-state index contributed by atoms with van der Waals surface area (Å²) in [6, 6.07) is 17.1. The number of para-hydroxylation sites is 1. The number of amides is 1. The Balaban J connectivity index is 1.50. The largest absolute Gasteiger partial charge is 0.492 e. The lowest BCUT2D eigenvalue weighted by atomic mass is 10.1. The monoisotopic (exact) mass is 380 g/mol. The van der Waals surface area contributed by atoms with Crippen LogP contribution in [0.5, 0.6) is 11.5 Å². The molecule has 0 N–H and O–H groups in total. The Morgan fingerprint density at radius 2 is 1.86 bits per heavy atom. The quantitative estimate of drug-likeness (QED) is 0.590. The highest BCUT2D eigenvalue weighted by Gasteiger charge is 2.17. The van der Waals surface area contributed by atoms with E-state index < -0.39 is 0 Å². The van der Waals surface area contributed by atoms with Crippen molar-refractivity contribution in [2.45, 2.75) is 20.5 Å². The summed E-state index contributed by atoms with van der Waals surface area (Å²) in [5, 5.41) is 3.87. The molecule has 0 radical (unpaired) electrons. The van der Waals surface area contributed by atoms with Crippen LogP contribution in [0.1, 0.15) is 27.4 Å². The zero-order valence-corrected chi connectivity index (χ0v) is 16.3. The topological polar surface area (TPSA) is 64.8 Å². The number of likely N-dealkylation sites (N-methyl/N-ethyl adjacent to an activating group) is 1. The van der Waals surface area contributed by atoms with Gasteiger partial charge in [-0.25, -0.2) is 0 Å². The van der Waals surface area contributed by atoms with Gasteiger partial charge in [0.15, 0.2) is 11.5 Å². The van der Waals surface area contributed by atoms with Crippen LogP contribution in [0.4, 0.5) is 0 Å². The lowest BCUT2D eigenvalue weighted by Crippen LogP contribution is -2.31. The van der Waals surface area contributed by atoms with Gasteiger partial charge in [0.1, 0.15) is 24.7 Å². The van der Waals surface area contributed by atoms with Gasteiger partial charge in [0.2, 0.25) is 0 Å². The molecule has 3 rings (SSSR count). The van der Waals surface area contributed by atoms with Crippen LogP contribution in [0.15, 0.2) is 59.1 Å². The van der Waals surface area contributed by atoms with Gasteiger partial charge in [0, 0.05) is 13.1 Å². The van der Waals surface area contributed by atoms with Crippen molar-refractivity contribution in [3.05, 3.63) is 77.2 Å². The second kappa shape index (κ2) is 9.08. The van der Waals surface area contributed by atoms with E-state index in [9.17, 15) is 4.79 Å². The first kappa shape index (κ1) is 19.5. The molecule has 6 nitrogen and oxygen atoms in total. The van der Waals surface area contributed by atoms with Crippen molar-refractivity contribution in [1.29, 1.82) is 0 Å². The summed E-state index contributed by atoms with van der Waals surface area (Å²) < 4.78 is 16.7. The molecule has 146 valence electrons. The van der Waals surface area contributed by atoms with Gasteiger partial charge < -0.3 is 18.9 Å². The van der Waals surface area contributed by atoms with E-state index in [4.69, 9.17) is 14.0 Å². The van der Waals surface area contributed by atoms with Crippen molar-refractivity contribution in [2.75, 3.05) is 20.2 Å². The number of hydrogen-bond donors (Lipinski definition) is 0. The van der Waals surface area contributed by atoms with E-state index >= 15 is 0 Å². The van der Waals surface area contributed by atoms with E-state index in [0.29, 0.717) is 18.9 Å². The molecule has 0 spiro atoms. The highest BCUT2D eigenvalue weighted by atomic mass is 16.5. The van der Waals surface area contributed by atoms with Gasteiger partial charge in [0.25, 0.3) is 5.91 Å². The van der Waals surface area contributed by atoms with Gasteiger partial charge in [0.05, 0.1) is 6.54 Å². The minimum Gasteiger partial charge on any atom is -0.492 e. The summed E-state index contributed by atoms with van der Waals surface area (Å²) in [5.41, 5.74) is 2.41. The van der Waals surface area contributed by atoms with Gasteiger partial charge in [-0.2, -0.15) is 0 Å². The Hall–Kier alpha value is -3.28. The normalized spacial score (nSPS) is 10.5. The summed E-state index contributed by atoms with van der Waals surface area (Å²) >= 11 is 0. The summed E-state index contributed by atoms with van der Waals surface area (Å²) in [5.74, 6) is 1.84. The Morgan fingerprint density at radius 3 is 2.64 bits per heavy atom. The molecule has 2 aromatic carbocycles. The highest BCUT2D eigenvalue weighted by Crippen LogP contribution is 2.20. The Morgan fingerprint density at radius 1 is 1.07 bits per heavy atom. The van der Waals surface area contributed by atoms with Crippen molar-refractivity contribution in [3.63, 3.8) is 0 Å². The maximum atomic E-state index is 12.5. The first-order valence-electron chi connectivity index (χ1n) is 9.12. The third kappa shape index (κ3) is 5.13. The van der Waals surface area contributed by atoms with Crippen LogP contribution in [0.3, 0.4) is 0 Å². The maximum Gasteiger partial charge on any atom is 0.275 e. The molecular formula is C22H24N2O4. The molecule has 0 aliphatic carbocycles. The van der Waals surface area contributed by atoms with Crippen LogP contribution in [-0.4, -0.2) is 36.2 Å². The number of hydrogen-bond acceptors (Lipinski definition) is 5. The first-order valence-corrected chi connectivity index (χ1v) is 9.12. The summed E-state index contributed by atoms with van der Waals surface area (Å²) in [7, 11) is 1.71. The summed E-state index contributed by atoms with van der Waals surface area (Å²) in [6.07, 6.45) is 0. The number of rotatable bonds is 8. The van der Waals surface area contributed by atoms with Crippen LogP contribution in [-0.2, 0) is 6.61 Å². The highest BCUT2D eigenvalue weighted by molar-refractivity contribution is 5.92. The van der Waals surface area contributed by atoms with Crippen molar-refractivity contribution in [1.82, 2.24) is 10.1 Å². The molecule has 0 saturated carbocycles. The van der Waals surface area contributed by atoms with Crippen molar-refractivity contribution >= 4 is 5.91 Å². The standard InChI is InChI=1S/C22H24N2O4/c1-16-9-10-17(2)21(13-16)27-15-19-14-20(23-28-19)22(25)24(3)11-12-26-18-7-5-4-6-8-18/h4-10,13-14H,11-12,15H2,1-3H3. The van der Waals surface area contributed by atoms with Crippen LogP contribution in [0, 0.1) is 13.8 Å². The zero-order valence-electron chi connectivity index (χ0n) is 16.3. The predicted molar refractivity (Wildman–Crippen MR) is 106 cm³/mol. The first-order chi connectivity index (χ1) is 13.5. The van der Waals surface area contributed by atoms with Crippen molar-refractivity contribution in [2.24, 2.45) is 0 Å². The molecule has 3 aromatic rings. The number of carbonyl (C=O) groups excluding carboxylic acids is 1. The van der Waals surface area contributed by atoms with Crippen molar-refractivity contribution < 1.29 is 18.8 Å². The average Bonchev–Trinajstić information content (AvgIpc) is 3.18. The van der Waals surface area contributed by atoms with Gasteiger partial charge in [-0.1, -0.05) is 35.5 Å². The van der Waals surface area contributed by atoms with Gasteiger partial charge in [-0.15, -0.1) is 0 Å². The zero-order chi connectivity index (χ0) is 19.9. The van der Waals surface area contributed by atoms with E-state index in [1.165, 1.54) is 0 Å². The van der Waals surface area contributed by atoms with E-state index in [2.05, 4.69) is 5.16 Å². The predicted octanol–water partition coefficient (Wildman–Crippen LogP) is 4.02. The van der Waals surface area contributed by atoms with Crippen LogP contribution < -0.4 is 9.47 Å². The van der Waals surface area contributed by atoms with E-state index in [1.54, 1.807) is 18.0 Å². The number of carbonyl (C=O) groups is 1. The fraction of sp³-hybridized carbons (Fsp3) is 0.273. The van der Waals surface area contributed by atoms with Crippen LogP contribution in [0.2, 0.25) is 0 Å². The number of aryl methyl sites for hydroxylation is 2.